The van der Waals surface area contributed by atoms with Crippen molar-refractivity contribution in [1.29, 1.82) is 0 Å². The van der Waals surface area contributed by atoms with Crippen molar-refractivity contribution in [2.24, 2.45) is 0 Å². The Morgan fingerprint density at radius 2 is 1.73 bits per heavy atom. The Hall–Kier alpha value is -2.16. The monoisotopic (exact) mass is 300 g/mol. The number of carbonyl (C=O) groups is 1. The van der Waals surface area contributed by atoms with Gasteiger partial charge in [0.2, 0.25) is 0 Å². The SMILES string of the molecule is CCOC(=O)c1ccc(-c2cc(C(C)(C)C)ccc2F)cc1. The molecule has 0 aliphatic carbocycles. The quantitative estimate of drug-likeness (QED) is 0.748. The van der Waals surface area contributed by atoms with Gasteiger partial charge in [0.1, 0.15) is 5.82 Å². The Labute approximate surface area is 130 Å². The molecule has 0 unspecified atom stereocenters. The van der Waals surface area contributed by atoms with Crippen molar-refractivity contribution >= 4 is 5.97 Å². The fourth-order valence-electron chi connectivity index (χ4n) is 2.21. The third kappa shape index (κ3) is 3.53. The summed E-state index contributed by atoms with van der Waals surface area (Å²) in [5.74, 6) is -0.630. The van der Waals surface area contributed by atoms with Crippen molar-refractivity contribution in [1.82, 2.24) is 0 Å². The van der Waals surface area contributed by atoms with E-state index in [1.165, 1.54) is 6.07 Å². The molecule has 0 radical (unpaired) electrons. The van der Waals surface area contributed by atoms with Crippen molar-refractivity contribution in [3.05, 3.63) is 59.4 Å². The Kier molecular flexibility index (Phi) is 4.65. The standard InChI is InChI=1S/C19H21FO2/c1-5-22-18(21)14-8-6-13(7-9-14)16-12-15(19(2,3)4)10-11-17(16)20/h6-12H,5H2,1-4H3. The highest BCUT2D eigenvalue weighted by Crippen LogP contribution is 2.30. The summed E-state index contributed by atoms with van der Waals surface area (Å²) in [6, 6.07) is 12.0. The lowest BCUT2D eigenvalue weighted by atomic mass is 9.85. The Morgan fingerprint density at radius 1 is 1.09 bits per heavy atom. The first kappa shape index (κ1) is 16.2. The first-order valence-electron chi connectivity index (χ1n) is 7.40. The molecule has 2 aromatic carbocycles. The number of rotatable bonds is 3. The lowest BCUT2D eigenvalue weighted by Gasteiger charge is -2.20. The van der Waals surface area contributed by atoms with E-state index in [9.17, 15) is 9.18 Å². The lowest BCUT2D eigenvalue weighted by molar-refractivity contribution is 0.0526. The molecule has 2 aromatic rings. The second-order valence-corrected chi connectivity index (χ2v) is 6.24. The molecular weight excluding hydrogens is 279 g/mol. The third-order valence-corrected chi connectivity index (χ3v) is 3.54. The Bertz CT molecular complexity index is 667. The number of hydrogen-bond donors (Lipinski definition) is 0. The minimum Gasteiger partial charge on any atom is -0.462 e. The molecule has 0 bridgehead atoms. The van der Waals surface area contributed by atoms with Crippen LogP contribution in [0.2, 0.25) is 0 Å². The van der Waals surface area contributed by atoms with Crippen molar-refractivity contribution in [2.45, 2.75) is 33.1 Å². The second kappa shape index (κ2) is 6.30. The van der Waals surface area contributed by atoms with Gasteiger partial charge in [-0.1, -0.05) is 39.0 Å². The summed E-state index contributed by atoms with van der Waals surface area (Å²) < 4.78 is 19.1. The molecule has 0 fully saturated rings. The van der Waals surface area contributed by atoms with E-state index in [-0.39, 0.29) is 17.2 Å². The van der Waals surface area contributed by atoms with Gasteiger partial charge in [-0.2, -0.15) is 0 Å². The summed E-state index contributed by atoms with van der Waals surface area (Å²) in [6.07, 6.45) is 0. The van der Waals surface area contributed by atoms with Crippen molar-refractivity contribution < 1.29 is 13.9 Å². The summed E-state index contributed by atoms with van der Waals surface area (Å²) in [5.41, 5.74) is 2.78. The zero-order valence-corrected chi connectivity index (χ0v) is 13.4. The van der Waals surface area contributed by atoms with Crippen LogP contribution in [-0.4, -0.2) is 12.6 Å². The maximum atomic E-state index is 14.1. The summed E-state index contributed by atoms with van der Waals surface area (Å²) in [5, 5.41) is 0. The van der Waals surface area contributed by atoms with E-state index >= 15 is 0 Å². The maximum Gasteiger partial charge on any atom is 0.338 e. The predicted octanol–water partition coefficient (Wildman–Crippen LogP) is 4.97. The average molecular weight is 300 g/mol. The minimum absolute atomic E-state index is 0.0483. The summed E-state index contributed by atoms with van der Waals surface area (Å²) in [4.78, 5) is 11.6. The number of ether oxygens (including phenoxy) is 1. The van der Waals surface area contributed by atoms with Gasteiger partial charge in [0.05, 0.1) is 12.2 Å². The second-order valence-electron chi connectivity index (χ2n) is 6.24. The van der Waals surface area contributed by atoms with E-state index in [1.807, 2.05) is 12.1 Å². The van der Waals surface area contributed by atoms with E-state index in [1.54, 1.807) is 31.2 Å². The normalized spacial score (nSPS) is 11.3. The van der Waals surface area contributed by atoms with Crippen LogP contribution in [-0.2, 0) is 10.2 Å². The van der Waals surface area contributed by atoms with Crippen LogP contribution in [0.1, 0.15) is 43.6 Å². The lowest BCUT2D eigenvalue weighted by Crippen LogP contribution is -2.11. The van der Waals surface area contributed by atoms with Gasteiger partial charge in [-0.25, -0.2) is 9.18 Å². The highest BCUT2D eigenvalue weighted by molar-refractivity contribution is 5.90. The number of carbonyl (C=O) groups excluding carboxylic acids is 1. The van der Waals surface area contributed by atoms with Crippen molar-refractivity contribution in [2.75, 3.05) is 6.61 Å². The molecule has 22 heavy (non-hydrogen) atoms. The molecule has 0 N–H and O–H groups in total. The van der Waals surface area contributed by atoms with Gasteiger partial charge in [0, 0.05) is 5.56 Å². The smallest absolute Gasteiger partial charge is 0.338 e. The van der Waals surface area contributed by atoms with E-state index in [0.717, 1.165) is 11.1 Å². The third-order valence-electron chi connectivity index (χ3n) is 3.54. The van der Waals surface area contributed by atoms with Gasteiger partial charge in [-0.3, -0.25) is 0 Å². The van der Waals surface area contributed by atoms with E-state index in [0.29, 0.717) is 17.7 Å². The largest absolute Gasteiger partial charge is 0.462 e. The van der Waals surface area contributed by atoms with Gasteiger partial charge >= 0.3 is 5.97 Å². The van der Waals surface area contributed by atoms with Crippen LogP contribution in [0.25, 0.3) is 11.1 Å². The van der Waals surface area contributed by atoms with Crippen LogP contribution in [0, 0.1) is 5.82 Å². The molecule has 0 aromatic heterocycles. The van der Waals surface area contributed by atoms with Crippen molar-refractivity contribution in [3.63, 3.8) is 0 Å². The van der Waals surface area contributed by atoms with Crippen LogP contribution in [0.4, 0.5) is 4.39 Å². The van der Waals surface area contributed by atoms with E-state index < -0.39 is 0 Å². The molecule has 0 aliphatic heterocycles. The number of esters is 1. The molecule has 0 saturated carbocycles. The Morgan fingerprint density at radius 3 is 2.27 bits per heavy atom. The highest BCUT2D eigenvalue weighted by Gasteiger charge is 2.16. The van der Waals surface area contributed by atoms with Crippen LogP contribution in [0.3, 0.4) is 0 Å². The van der Waals surface area contributed by atoms with Gasteiger partial charge < -0.3 is 4.74 Å². The number of halogens is 1. The molecule has 116 valence electrons. The van der Waals surface area contributed by atoms with E-state index in [4.69, 9.17) is 4.74 Å². The summed E-state index contributed by atoms with van der Waals surface area (Å²) >= 11 is 0. The number of benzene rings is 2. The average Bonchev–Trinajstić information content (AvgIpc) is 2.47. The van der Waals surface area contributed by atoms with Gasteiger partial charge in [-0.05, 0) is 47.7 Å². The first-order chi connectivity index (χ1) is 10.3. The molecule has 3 heteroatoms. The molecule has 0 spiro atoms. The molecular formula is C19H21FO2. The molecule has 2 rings (SSSR count). The first-order valence-corrected chi connectivity index (χ1v) is 7.40. The number of hydrogen-bond acceptors (Lipinski definition) is 2. The summed E-state index contributed by atoms with van der Waals surface area (Å²) in [6.45, 7) is 8.37. The Balaban J connectivity index is 2.38. The van der Waals surface area contributed by atoms with Crippen LogP contribution < -0.4 is 0 Å². The minimum atomic E-state index is -0.363. The highest BCUT2D eigenvalue weighted by atomic mass is 19.1. The van der Waals surface area contributed by atoms with Crippen molar-refractivity contribution in [3.8, 4) is 11.1 Å². The zero-order chi connectivity index (χ0) is 16.3. The molecule has 0 aliphatic rings. The van der Waals surface area contributed by atoms with Gasteiger partial charge in [0.15, 0.2) is 0 Å². The molecule has 0 atom stereocenters. The van der Waals surface area contributed by atoms with Crippen LogP contribution in [0.15, 0.2) is 42.5 Å². The molecule has 0 heterocycles. The molecule has 0 saturated heterocycles. The topological polar surface area (TPSA) is 26.3 Å². The molecule has 2 nitrogen and oxygen atoms in total. The van der Waals surface area contributed by atoms with Gasteiger partial charge in [-0.15, -0.1) is 0 Å². The summed E-state index contributed by atoms with van der Waals surface area (Å²) in [7, 11) is 0. The van der Waals surface area contributed by atoms with Gasteiger partial charge in [0.25, 0.3) is 0 Å². The molecule has 0 amide bonds. The predicted molar refractivity (Wildman–Crippen MR) is 86.5 cm³/mol. The fraction of sp³-hybridized carbons (Fsp3) is 0.316. The van der Waals surface area contributed by atoms with E-state index in [2.05, 4.69) is 20.8 Å². The fourth-order valence-corrected chi connectivity index (χ4v) is 2.21. The van der Waals surface area contributed by atoms with Crippen LogP contribution in [0.5, 0.6) is 0 Å². The van der Waals surface area contributed by atoms with Crippen LogP contribution >= 0.6 is 0 Å². The maximum absolute atomic E-state index is 14.1. The zero-order valence-electron chi connectivity index (χ0n) is 13.4.